The molecule has 0 aliphatic carbocycles. The molecule has 2 fully saturated rings. The lowest BCUT2D eigenvalue weighted by molar-refractivity contribution is 0.147. The number of aromatic nitrogens is 6. The molecule has 0 unspecified atom stereocenters. The third-order valence-electron chi connectivity index (χ3n) is 7.46. The monoisotopic (exact) mass is 494 g/mol. The Balaban J connectivity index is 1.15. The number of imidazole rings is 1. The quantitative estimate of drug-likeness (QED) is 0.370. The fraction of sp³-hybridized carbons (Fsp3) is 0.296. The predicted octanol–water partition coefficient (Wildman–Crippen LogP) is 4.25. The summed E-state index contributed by atoms with van der Waals surface area (Å²) in [7, 11) is 1.97. The maximum atomic E-state index is 10.4. The highest BCUT2D eigenvalue weighted by atomic mass is 16.5. The molecule has 0 spiro atoms. The van der Waals surface area contributed by atoms with Crippen molar-refractivity contribution in [1.82, 2.24) is 29.5 Å². The van der Waals surface area contributed by atoms with Crippen molar-refractivity contribution in [2.24, 2.45) is 7.05 Å². The minimum Gasteiger partial charge on any atom is -0.457 e. The summed E-state index contributed by atoms with van der Waals surface area (Å²) in [5.41, 5.74) is 5.10. The van der Waals surface area contributed by atoms with Gasteiger partial charge in [0.2, 0.25) is 5.95 Å². The van der Waals surface area contributed by atoms with Gasteiger partial charge in [-0.25, -0.2) is 24.9 Å². The number of aliphatic hydroxyl groups is 1. The molecule has 5 aromatic rings. The molecule has 7 rings (SSSR count). The Morgan fingerprint density at radius 1 is 1.03 bits per heavy atom. The maximum absolute atomic E-state index is 10.4. The van der Waals surface area contributed by atoms with E-state index in [1.165, 1.54) is 6.33 Å². The second kappa shape index (κ2) is 8.38. The molecule has 0 saturated carbocycles. The van der Waals surface area contributed by atoms with Gasteiger partial charge in [-0.15, -0.1) is 0 Å². The molecule has 0 radical (unpaired) electrons. The number of nitrogens with one attached hydrogen (secondary N) is 1. The summed E-state index contributed by atoms with van der Waals surface area (Å²) in [5.74, 6) is 2.73. The smallest absolute Gasteiger partial charge is 0.226 e. The molecule has 2 N–H and O–H groups in total. The van der Waals surface area contributed by atoms with Crippen LogP contribution in [0.1, 0.15) is 24.8 Å². The Morgan fingerprint density at radius 2 is 1.95 bits per heavy atom. The van der Waals surface area contributed by atoms with Crippen LogP contribution in [-0.2, 0) is 7.05 Å². The Hall–Kier alpha value is -4.31. The lowest BCUT2D eigenvalue weighted by atomic mass is 9.98. The Bertz CT molecular complexity index is 1650. The minimum atomic E-state index is -0.322. The highest BCUT2D eigenvalue weighted by Crippen LogP contribution is 2.40. The number of aliphatic hydroxyl groups excluding tert-OH is 1. The zero-order chi connectivity index (χ0) is 25.1. The van der Waals surface area contributed by atoms with Crippen molar-refractivity contribution in [3.05, 3.63) is 60.8 Å². The first-order valence-electron chi connectivity index (χ1n) is 12.4. The van der Waals surface area contributed by atoms with Crippen LogP contribution in [0.3, 0.4) is 0 Å². The van der Waals surface area contributed by atoms with Gasteiger partial charge in [-0.2, -0.15) is 0 Å². The molecule has 3 aromatic heterocycles. The molecule has 2 aliphatic rings. The second-order valence-electron chi connectivity index (χ2n) is 9.85. The Morgan fingerprint density at radius 3 is 2.76 bits per heavy atom. The number of fused-ring (bicyclic) bond motifs is 4. The number of nitrogens with zero attached hydrogens (tertiary/aromatic N) is 7. The lowest BCUT2D eigenvalue weighted by Gasteiger charge is -2.22. The summed E-state index contributed by atoms with van der Waals surface area (Å²) in [6.45, 7) is 2.01. The van der Waals surface area contributed by atoms with E-state index in [1.807, 2.05) is 54.9 Å². The van der Waals surface area contributed by atoms with Crippen LogP contribution in [-0.4, -0.2) is 52.8 Å². The van der Waals surface area contributed by atoms with E-state index in [1.54, 1.807) is 12.5 Å². The normalized spacial score (nSPS) is 20.7. The second-order valence-corrected chi connectivity index (χ2v) is 9.85. The first-order valence-corrected chi connectivity index (χ1v) is 12.4. The van der Waals surface area contributed by atoms with Gasteiger partial charge in [-0.3, -0.25) is 0 Å². The number of rotatable bonds is 5. The van der Waals surface area contributed by atoms with E-state index in [2.05, 4.69) is 30.2 Å². The maximum Gasteiger partial charge on any atom is 0.226 e. The van der Waals surface area contributed by atoms with Gasteiger partial charge in [0.15, 0.2) is 5.82 Å². The van der Waals surface area contributed by atoms with Crippen molar-refractivity contribution in [2.45, 2.75) is 44.4 Å². The topological polar surface area (TPSA) is 114 Å². The van der Waals surface area contributed by atoms with E-state index in [0.717, 1.165) is 53.0 Å². The van der Waals surface area contributed by atoms with Crippen molar-refractivity contribution in [3.8, 4) is 11.5 Å². The van der Waals surface area contributed by atoms with Gasteiger partial charge in [0.25, 0.3) is 0 Å². The Labute approximate surface area is 213 Å². The summed E-state index contributed by atoms with van der Waals surface area (Å²) < 4.78 is 8.14. The number of hydrogen-bond acceptors (Lipinski definition) is 9. The summed E-state index contributed by atoms with van der Waals surface area (Å²) in [6.07, 6.45) is 7.51. The fourth-order valence-corrected chi connectivity index (χ4v) is 5.61. The van der Waals surface area contributed by atoms with Crippen molar-refractivity contribution >= 4 is 39.5 Å². The largest absolute Gasteiger partial charge is 0.457 e. The summed E-state index contributed by atoms with van der Waals surface area (Å²) in [6, 6.07) is 12.2. The number of hydrogen-bond donors (Lipinski definition) is 2. The van der Waals surface area contributed by atoms with Crippen LogP contribution < -0.4 is 15.0 Å². The van der Waals surface area contributed by atoms with Gasteiger partial charge < -0.3 is 24.6 Å². The number of aryl methyl sites for hydroxylation is 2. The van der Waals surface area contributed by atoms with Crippen LogP contribution in [0.4, 0.5) is 17.5 Å². The summed E-state index contributed by atoms with van der Waals surface area (Å²) in [5, 5.41) is 13.7. The van der Waals surface area contributed by atoms with Gasteiger partial charge in [-0.05, 0) is 62.1 Å². The van der Waals surface area contributed by atoms with Gasteiger partial charge in [0.1, 0.15) is 28.9 Å². The molecule has 10 nitrogen and oxygen atoms in total. The highest BCUT2D eigenvalue weighted by Gasteiger charge is 2.46. The van der Waals surface area contributed by atoms with Crippen LogP contribution in [0, 0.1) is 6.92 Å². The average molecular weight is 495 g/mol. The predicted molar refractivity (Wildman–Crippen MR) is 140 cm³/mol. The average Bonchev–Trinajstić information content (AvgIpc) is 3.58. The summed E-state index contributed by atoms with van der Waals surface area (Å²) >= 11 is 0. The molecule has 5 heterocycles. The molecule has 2 bridgehead atoms. The zero-order valence-electron chi connectivity index (χ0n) is 20.5. The third-order valence-corrected chi connectivity index (χ3v) is 7.46. The van der Waals surface area contributed by atoms with Crippen molar-refractivity contribution in [3.63, 3.8) is 0 Å². The molecule has 37 heavy (non-hydrogen) atoms. The molecular formula is C27H26N8O2. The standard InChI is InChI=1S/C27H26N8O2/c1-15-9-16(3-8-24(15)37-18-5-7-21-19(11-18)31-14-34(21)2)32-26-25-20(29-13-30-26)12-28-27(33-25)35-17-4-6-22(35)23(36)10-17/h3,5,7-9,11-14,17,22-23,36H,4,6,10H2,1-2H3,(H,29,30,32)/t17-,22+,23-/m0/s1. The van der Waals surface area contributed by atoms with Crippen LogP contribution in [0.25, 0.3) is 22.1 Å². The molecule has 2 saturated heterocycles. The fourth-order valence-electron chi connectivity index (χ4n) is 5.61. The SMILES string of the molecule is Cc1cc(Nc2ncnc3cnc(N4[C@H]5CC[C@@H]4[C@@H](O)C5)nc23)ccc1Oc1ccc2c(c1)ncn2C. The molecule has 10 heteroatoms. The van der Waals surface area contributed by atoms with Crippen LogP contribution in [0.5, 0.6) is 11.5 Å². The molecule has 0 amide bonds. The summed E-state index contributed by atoms with van der Waals surface area (Å²) in [4.78, 5) is 24.8. The van der Waals surface area contributed by atoms with Gasteiger partial charge >= 0.3 is 0 Å². The van der Waals surface area contributed by atoms with Crippen LogP contribution in [0.15, 0.2) is 55.2 Å². The number of anilines is 3. The lowest BCUT2D eigenvalue weighted by Crippen LogP contribution is -2.33. The first-order chi connectivity index (χ1) is 18.0. The van der Waals surface area contributed by atoms with Crippen molar-refractivity contribution < 1.29 is 9.84 Å². The van der Waals surface area contributed by atoms with Crippen molar-refractivity contribution in [1.29, 1.82) is 0 Å². The first kappa shape index (κ1) is 21.9. The van der Waals surface area contributed by atoms with Gasteiger partial charge in [0, 0.05) is 24.8 Å². The highest BCUT2D eigenvalue weighted by molar-refractivity contribution is 5.87. The van der Waals surface area contributed by atoms with E-state index in [-0.39, 0.29) is 18.2 Å². The van der Waals surface area contributed by atoms with Crippen LogP contribution in [0.2, 0.25) is 0 Å². The van der Waals surface area contributed by atoms with Gasteiger partial charge in [-0.1, -0.05) is 0 Å². The van der Waals surface area contributed by atoms with E-state index < -0.39 is 0 Å². The van der Waals surface area contributed by atoms with E-state index >= 15 is 0 Å². The van der Waals surface area contributed by atoms with Crippen LogP contribution >= 0.6 is 0 Å². The molecule has 3 atom stereocenters. The van der Waals surface area contributed by atoms with E-state index in [4.69, 9.17) is 9.72 Å². The molecule has 186 valence electrons. The van der Waals surface area contributed by atoms with Gasteiger partial charge in [0.05, 0.1) is 35.7 Å². The van der Waals surface area contributed by atoms with Crippen molar-refractivity contribution in [2.75, 3.05) is 10.2 Å². The minimum absolute atomic E-state index is 0.0806. The van der Waals surface area contributed by atoms with E-state index in [0.29, 0.717) is 22.8 Å². The number of ether oxygens (including phenoxy) is 1. The molecule has 2 aliphatic heterocycles. The molecule has 2 aromatic carbocycles. The third kappa shape index (κ3) is 3.72. The Kier molecular flexibility index (Phi) is 4.97. The molecular weight excluding hydrogens is 468 g/mol. The zero-order valence-corrected chi connectivity index (χ0v) is 20.5. The number of benzene rings is 2. The van der Waals surface area contributed by atoms with E-state index in [9.17, 15) is 5.11 Å².